The summed E-state index contributed by atoms with van der Waals surface area (Å²) >= 11 is 0. The van der Waals surface area contributed by atoms with Gasteiger partial charge in [0.2, 0.25) is 5.88 Å². The number of sulfonamides is 1. The zero-order valence-electron chi connectivity index (χ0n) is 23.1. The molecule has 3 aromatic heterocycles. The quantitative estimate of drug-likeness (QED) is 0.125. The summed E-state index contributed by atoms with van der Waals surface area (Å²) in [7, 11) is -4.73. The lowest BCUT2D eigenvalue weighted by Gasteiger charge is -2.15. The van der Waals surface area contributed by atoms with Crippen LogP contribution < -0.4 is 14.2 Å². The molecule has 0 aliphatic carbocycles. The average molecular weight is 621 g/mol. The third-order valence-electron chi connectivity index (χ3n) is 5.94. The van der Waals surface area contributed by atoms with Gasteiger partial charge in [0.15, 0.2) is 23.1 Å². The molecule has 16 heteroatoms. The maximum absolute atomic E-state index is 15.3. The van der Waals surface area contributed by atoms with Gasteiger partial charge in [0.05, 0.1) is 36.1 Å². The van der Waals surface area contributed by atoms with Gasteiger partial charge in [-0.15, -0.1) is 4.68 Å². The van der Waals surface area contributed by atoms with Gasteiger partial charge in [-0.25, -0.2) is 31.6 Å². The first kappa shape index (κ1) is 30.7. The van der Waals surface area contributed by atoms with Crippen LogP contribution >= 0.6 is 0 Å². The summed E-state index contributed by atoms with van der Waals surface area (Å²) in [6, 6.07) is 4.81. The highest BCUT2D eigenvalue weighted by atomic mass is 32.2. The highest BCUT2D eigenvalue weighted by Crippen LogP contribution is 2.30. The van der Waals surface area contributed by atoms with Gasteiger partial charge in [0.1, 0.15) is 24.0 Å². The standard InChI is InChI=1S/C26H27F3N6O5SSi/c1-30-24-18-11-17(13-31-25(18)35(33-24)15-39-8-9-42(3,4)5)40-14-19-20(28)6-7-21(23(19)29)34-41(36,37)22-10-16(27)12-32-26(22)38-2/h6-7,10-13,34H,8-9,14-15H2,2-5H3. The highest BCUT2D eigenvalue weighted by Gasteiger charge is 2.25. The lowest BCUT2D eigenvalue weighted by molar-refractivity contribution is 0.0815. The predicted octanol–water partition coefficient (Wildman–Crippen LogP) is 5.50. The first-order chi connectivity index (χ1) is 19.8. The number of nitrogens with one attached hydrogen (secondary N) is 1. The van der Waals surface area contributed by atoms with E-state index in [0.717, 1.165) is 31.5 Å². The Kier molecular flexibility index (Phi) is 9.04. The van der Waals surface area contributed by atoms with Crippen LogP contribution in [0.4, 0.5) is 24.7 Å². The van der Waals surface area contributed by atoms with Crippen molar-refractivity contribution in [2.75, 3.05) is 18.4 Å². The van der Waals surface area contributed by atoms with Gasteiger partial charge in [-0.3, -0.25) is 4.72 Å². The summed E-state index contributed by atoms with van der Waals surface area (Å²) in [6.45, 7) is 14.1. The fraction of sp³-hybridized carbons (Fsp3) is 0.308. The molecule has 0 radical (unpaired) electrons. The summed E-state index contributed by atoms with van der Waals surface area (Å²) < 4.78 is 88.8. The van der Waals surface area contributed by atoms with Crippen LogP contribution in [-0.2, 0) is 28.1 Å². The first-order valence-corrected chi connectivity index (χ1v) is 17.7. The molecule has 42 heavy (non-hydrogen) atoms. The summed E-state index contributed by atoms with van der Waals surface area (Å²) in [6.07, 6.45) is 2.06. The Labute approximate surface area is 241 Å². The molecule has 4 aromatic rings. The number of fused-ring (bicyclic) bond motifs is 1. The molecule has 0 bridgehead atoms. The van der Waals surface area contributed by atoms with Crippen LogP contribution in [0.25, 0.3) is 15.9 Å². The number of ether oxygens (including phenoxy) is 3. The molecule has 3 heterocycles. The van der Waals surface area contributed by atoms with Gasteiger partial charge in [-0.1, -0.05) is 26.2 Å². The van der Waals surface area contributed by atoms with E-state index in [1.165, 1.54) is 16.9 Å². The van der Waals surface area contributed by atoms with E-state index in [1.54, 1.807) is 0 Å². The topological polar surface area (TPSA) is 122 Å². The van der Waals surface area contributed by atoms with E-state index in [4.69, 9.17) is 20.8 Å². The monoisotopic (exact) mass is 620 g/mol. The zero-order valence-corrected chi connectivity index (χ0v) is 24.9. The summed E-state index contributed by atoms with van der Waals surface area (Å²) in [5.74, 6) is -3.49. The minimum absolute atomic E-state index is 0.0489. The smallest absolute Gasteiger partial charge is 0.305 e. The van der Waals surface area contributed by atoms with Gasteiger partial charge < -0.3 is 19.1 Å². The van der Waals surface area contributed by atoms with Crippen LogP contribution in [0.2, 0.25) is 25.7 Å². The van der Waals surface area contributed by atoms with E-state index in [9.17, 15) is 17.2 Å². The Hall–Kier alpha value is -4.20. The van der Waals surface area contributed by atoms with Crippen LogP contribution in [0.1, 0.15) is 5.56 Å². The summed E-state index contributed by atoms with van der Waals surface area (Å²) in [4.78, 5) is 10.6. The van der Waals surface area contributed by atoms with E-state index in [-0.39, 0.29) is 18.3 Å². The van der Waals surface area contributed by atoms with Crippen molar-refractivity contribution in [1.82, 2.24) is 19.7 Å². The molecule has 0 fully saturated rings. The number of anilines is 1. The van der Waals surface area contributed by atoms with Crippen molar-refractivity contribution in [3.05, 3.63) is 71.1 Å². The Morgan fingerprint density at radius 2 is 1.88 bits per heavy atom. The van der Waals surface area contributed by atoms with Gasteiger partial charge in [-0.2, -0.15) is 0 Å². The zero-order chi connectivity index (χ0) is 30.7. The van der Waals surface area contributed by atoms with Crippen molar-refractivity contribution >= 4 is 40.6 Å². The number of rotatable bonds is 12. The minimum Gasteiger partial charge on any atom is -0.487 e. The second-order valence-corrected chi connectivity index (χ2v) is 17.5. The summed E-state index contributed by atoms with van der Waals surface area (Å²) in [5, 5.41) is 4.58. The molecule has 0 saturated carbocycles. The first-order valence-electron chi connectivity index (χ1n) is 12.5. The molecule has 0 saturated heterocycles. The fourth-order valence-electron chi connectivity index (χ4n) is 3.72. The molecule has 0 aliphatic heterocycles. The lowest BCUT2D eigenvalue weighted by atomic mass is 10.2. The second-order valence-electron chi connectivity index (χ2n) is 10.3. The van der Waals surface area contributed by atoms with E-state index in [1.807, 2.05) is 4.72 Å². The van der Waals surface area contributed by atoms with Crippen molar-refractivity contribution in [2.45, 2.75) is 43.9 Å². The molecule has 0 aliphatic rings. The third kappa shape index (κ3) is 6.98. The Bertz CT molecular complexity index is 1770. The normalized spacial score (nSPS) is 11.9. The Morgan fingerprint density at radius 1 is 1.12 bits per heavy atom. The van der Waals surface area contributed by atoms with Crippen molar-refractivity contribution in [3.8, 4) is 11.6 Å². The predicted molar refractivity (Wildman–Crippen MR) is 150 cm³/mol. The maximum atomic E-state index is 15.3. The molecule has 0 spiro atoms. The molecular weight excluding hydrogens is 593 g/mol. The molecule has 0 unspecified atom stereocenters. The number of aromatic nitrogens is 4. The Balaban J connectivity index is 1.53. The van der Waals surface area contributed by atoms with Crippen molar-refractivity contribution in [2.24, 2.45) is 0 Å². The summed E-state index contributed by atoms with van der Waals surface area (Å²) in [5.41, 5.74) is -0.825. The van der Waals surface area contributed by atoms with Crippen LogP contribution in [-0.4, -0.2) is 50.0 Å². The number of methoxy groups -OCH3 is 1. The number of hydrogen-bond acceptors (Lipinski definition) is 8. The van der Waals surface area contributed by atoms with Gasteiger partial charge in [0.25, 0.3) is 10.0 Å². The molecule has 222 valence electrons. The lowest BCUT2D eigenvalue weighted by Crippen LogP contribution is -2.22. The van der Waals surface area contributed by atoms with Crippen LogP contribution in [0.15, 0.2) is 41.6 Å². The molecule has 0 amide bonds. The number of halogens is 3. The minimum atomic E-state index is -4.58. The van der Waals surface area contributed by atoms with E-state index >= 15 is 4.39 Å². The average Bonchev–Trinajstić information content (AvgIpc) is 3.29. The van der Waals surface area contributed by atoms with E-state index < -0.39 is 64.2 Å². The van der Waals surface area contributed by atoms with E-state index in [2.05, 4.69) is 39.6 Å². The Morgan fingerprint density at radius 3 is 2.57 bits per heavy atom. The molecule has 1 aromatic carbocycles. The number of benzene rings is 1. The number of nitrogens with zero attached hydrogens (tertiary/aromatic N) is 5. The van der Waals surface area contributed by atoms with Crippen molar-refractivity contribution in [1.29, 1.82) is 0 Å². The molecule has 4 rings (SSSR count). The molecular formula is C26H27F3N6O5SSi. The fourth-order valence-corrected chi connectivity index (χ4v) is 5.67. The highest BCUT2D eigenvalue weighted by molar-refractivity contribution is 7.92. The van der Waals surface area contributed by atoms with Gasteiger partial charge in [-0.05, 0) is 29.3 Å². The van der Waals surface area contributed by atoms with Crippen molar-refractivity contribution < 1.29 is 35.8 Å². The molecule has 1 N–H and O–H groups in total. The number of pyridine rings is 2. The van der Waals surface area contributed by atoms with Crippen molar-refractivity contribution in [3.63, 3.8) is 0 Å². The van der Waals surface area contributed by atoms with Gasteiger partial charge >= 0.3 is 5.82 Å². The largest absolute Gasteiger partial charge is 0.487 e. The molecule has 0 atom stereocenters. The van der Waals surface area contributed by atoms with Crippen LogP contribution in [0.3, 0.4) is 0 Å². The van der Waals surface area contributed by atoms with E-state index in [0.29, 0.717) is 23.7 Å². The maximum Gasteiger partial charge on any atom is 0.305 e. The van der Waals surface area contributed by atoms with Crippen LogP contribution in [0.5, 0.6) is 11.6 Å². The SMILES string of the molecule is [C-]#[N+]c1nn(COCC[Si](C)(C)C)c2ncc(OCc3c(F)ccc(NS(=O)(=O)c4cc(F)cnc4OC)c3F)cc12. The van der Waals surface area contributed by atoms with Crippen LogP contribution in [0, 0.1) is 24.0 Å². The van der Waals surface area contributed by atoms with Gasteiger partial charge in [0, 0.05) is 20.7 Å². The third-order valence-corrected chi connectivity index (χ3v) is 9.00. The second kappa shape index (κ2) is 12.3. The molecule has 11 nitrogen and oxygen atoms in total. The number of hydrogen-bond donors (Lipinski definition) is 1.